The zero-order valence-corrected chi connectivity index (χ0v) is 12.8. The molecule has 1 aromatic rings. The average molecular weight is 263 g/mol. The molecule has 19 heavy (non-hydrogen) atoms. The molecule has 0 atom stereocenters. The molecule has 0 spiro atoms. The highest BCUT2D eigenvalue weighted by atomic mass is 16.1. The van der Waals surface area contributed by atoms with Gasteiger partial charge in [0.05, 0.1) is 0 Å². The van der Waals surface area contributed by atoms with Crippen LogP contribution in [0.25, 0.3) is 0 Å². The van der Waals surface area contributed by atoms with Crippen molar-refractivity contribution in [2.75, 3.05) is 11.9 Å². The molecule has 1 aromatic carbocycles. The molecule has 3 nitrogen and oxygen atoms in total. The van der Waals surface area contributed by atoms with Gasteiger partial charge in [0.1, 0.15) is 0 Å². The maximum atomic E-state index is 11.9. The number of nitrogens with one attached hydrogen (secondary N) is 1. The van der Waals surface area contributed by atoms with Crippen molar-refractivity contribution >= 4 is 17.3 Å². The predicted molar refractivity (Wildman–Crippen MR) is 81.1 cm³/mol. The summed E-state index contributed by atoms with van der Waals surface area (Å²) in [5, 5.41) is 3.13. The van der Waals surface area contributed by atoms with Crippen LogP contribution >= 0.6 is 0 Å². The van der Waals surface area contributed by atoms with Crippen LogP contribution in [-0.2, 0) is 0 Å². The van der Waals surface area contributed by atoms with Gasteiger partial charge in [-0.05, 0) is 32.0 Å². The molecule has 0 saturated heterocycles. The second kappa shape index (κ2) is 8.46. The molecule has 0 aliphatic rings. The van der Waals surface area contributed by atoms with Crippen LogP contribution in [0.2, 0.25) is 0 Å². The van der Waals surface area contributed by atoms with Crippen molar-refractivity contribution in [3.05, 3.63) is 29.3 Å². The van der Waals surface area contributed by atoms with E-state index in [1.54, 1.807) is 18.2 Å². The molecule has 0 fully saturated rings. The van der Waals surface area contributed by atoms with E-state index in [2.05, 4.69) is 5.32 Å². The van der Waals surface area contributed by atoms with Gasteiger partial charge >= 0.3 is 0 Å². The average Bonchev–Trinajstić information content (AvgIpc) is 2.40. The number of carbonyl (C=O) groups is 2. The van der Waals surface area contributed by atoms with Crippen LogP contribution in [0, 0.1) is 5.92 Å². The zero-order chi connectivity index (χ0) is 15.0. The van der Waals surface area contributed by atoms with Crippen molar-refractivity contribution in [3.63, 3.8) is 0 Å². The lowest BCUT2D eigenvalue weighted by Crippen LogP contribution is -2.10. The molecular weight excluding hydrogens is 238 g/mol. The number of carbonyl (C=O) groups excluding carboxylic acids is 2. The fraction of sp³-hybridized carbons (Fsp3) is 0.500. The third-order valence-corrected chi connectivity index (χ3v) is 2.53. The molecule has 106 valence electrons. The van der Waals surface area contributed by atoms with Crippen molar-refractivity contribution in [1.82, 2.24) is 0 Å². The molecular formula is C16H25NO2. The Morgan fingerprint density at radius 1 is 1.11 bits per heavy atom. The van der Waals surface area contributed by atoms with E-state index in [0.717, 1.165) is 12.2 Å². The number of Topliss-reactive ketones (excluding diaryl/α,β-unsaturated/α-hetero) is 2. The van der Waals surface area contributed by atoms with Gasteiger partial charge in [-0.3, -0.25) is 9.59 Å². The summed E-state index contributed by atoms with van der Waals surface area (Å²) in [5.41, 5.74) is 2.00. The third-order valence-electron chi connectivity index (χ3n) is 2.53. The van der Waals surface area contributed by atoms with E-state index in [1.165, 1.54) is 6.92 Å². The number of hydrogen-bond donors (Lipinski definition) is 1. The maximum absolute atomic E-state index is 11.9. The topological polar surface area (TPSA) is 46.2 Å². The third kappa shape index (κ3) is 5.25. The minimum absolute atomic E-state index is 0.0254. The SMILES string of the molecule is CC.CCNc1cc(C(C)=O)cc(C(=O)C(C)C)c1. The number of benzene rings is 1. The summed E-state index contributed by atoms with van der Waals surface area (Å²) in [6, 6.07) is 5.26. The first-order chi connectivity index (χ1) is 8.95. The summed E-state index contributed by atoms with van der Waals surface area (Å²) in [6.07, 6.45) is 0. The molecule has 0 aliphatic heterocycles. The molecule has 0 aliphatic carbocycles. The van der Waals surface area contributed by atoms with E-state index in [1.807, 2.05) is 34.6 Å². The van der Waals surface area contributed by atoms with Gasteiger partial charge < -0.3 is 5.32 Å². The van der Waals surface area contributed by atoms with Gasteiger partial charge in [0.2, 0.25) is 0 Å². The number of ketones is 2. The van der Waals surface area contributed by atoms with Crippen LogP contribution in [0.15, 0.2) is 18.2 Å². The standard InChI is InChI=1S/C14H19NO2.C2H6/c1-5-15-13-7-11(10(4)16)6-12(8-13)14(17)9(2)3;1-2/h6-9,15H,5H2,1-4H3;1-2H3. The molecule has 1 rings (SSSR count). The van der Waals surface area contributed by atoms with Gasteiger partial charge in [0.15, 0.2) is 11.6 Å². The quantitative estimate of drug-likeness (QED) is 0.810. The van der Waals surface area contributed by atoms with Crippen LogP contribution < -0.4 is 5.32 Å². The normalized spacial score (nSPS) is 9.63. The Morgan fingerprint density at radius 2 is 1.63 bits per heavy atom. The zero-order valence-electron chi connectivity index (χ0n) is 12.8. The molecule has 0 radical (unpaired) electrons. The van der Waals surface area contributed by atoms with Crippen molar-refractivity contribution < 1.29 is 9.59 Å². The smallest absolute Gasteiger partial charge is 0.165 e. The molecule has 0 amide bonds. The minimum Gasteiger partial charge on any atom is -0.385 e. The van der Waals surface area contributed by atoms with Gasteiger partial charge in [-0.1, -0.05) is 27.7 Å². The lowest BCUT2D eigenvalue weighted by atomic mass is 9.97. The highest BCUT2D eigenvalue weighted by molar-refractivity contribution is 6.02. The second-order valence-electron chi connectivity index (χ2n) is 4.40. The van der Waals surface area contributed by atoms with Crippen molar-refractivity contribution in [2.45, 2.75) is 41.5 Å². The first-order valence-electron chi connectivity index (χ1n) is 6.89. The van der Waals surface area contributed by atoms with Crippen LogP contribution in [0.4, 0.5) is 5.69 Å². The monoisotopic (exact) mass is 263 g/mol. The lowest BCUT2D eigenvalue weighted by molar-refractivity contribution is 0.0939. The number of anilines is 1. The maximum Gasteiger partial charge on any atom is 0.165 e. The number of rotatable bonds is 5. The highest BCUT2D eigenvalue weighted by Crippen LogP contribution is 2.18. The predicted octanol–water partition coefficient (Wildman–Crippen LogP) is 4.19. The van der Waals surface area contributed by atoms with Crippen LogP contribution in [0.3, 0.4) is 0 Å². The van der Waals surface area contributed by atoms with E-state index in [4.69, 9.17) is 0 Å². The fourth-order valence-electron chi connectivity index (χ4n) is 1.61. The largest absolute Gasteiger partial charge is 0.385 e. The van der Waals surface area contributed by atoms with E-state index in [0.29, 0.717) is 11.1 Å². The lowest BCUT2D eigenvalue weighted by Gasteiger charge is -2.10. The van der Waals surface area contributed by atoms with Crippen molar-refractivity contribution in [3.8, 4) is 0 Å². The van der Waals surface area contributed by atoms with Gasteiger partial charge in [0.25, 0.3) is 0 Å². The molecule has 0 bridgehead atoms. The molecule has 0 saturated carbocycles. The first-order valence-corrected chi connectivity index (χ1v) is 6.89. The van der Waals surface area contributed by atoms with Crippen LogP contribution in [0.5, 0.6) is 0 Å². The Bertz CT molecular complexity index is 436. The second-order valence-corrected chi connectivity index (χ2v) is 4.40. The summed E-state index contributed by atoms with van der Waals surface area (Å²) in [6.45, 7) is 12.0. The van der Waals surface area contributed by atoms with Gasteiger partial charge in [-0.2, -0.15) is 0 Å². The van der Waals surface area contributed by atoms with E-state index < -0.39 is 0 Å². The van der Waals surface area contributed by atoms with Crippen LogP contribution in [0.1, 0.15) is 62.3 Å². The summed E-state index contributed by atoms with van der Waals surface area (Å²) >= 11 is 0. The summed E-state index contributed by atoms with van der Waals surface area (Å²) in [7, 11) is 0. The van der Waals surface area contributed by atoms with Crippen LogP contribution in [-0.4, -0.2) is 18.1 Å². The Balaban J connectivity index is 0.00000154. The highest BCUT2D eigenvalue weighted by Gasteiger charge is 2.13. The summed E-state index contributed by atoms with van der Waals surface area (Å²) in [4.78, 5) is 23.3. The van der Waals surface area contributed by atoms with E-state index in [9.17, 15) is 9.59 Å². The Hall–Kier alpha value is -1.64. The molecule has 0 heterocycles. The summed E-state index contributed by atoms with van der Waals surface area (Å²) < 4.78 is 0. The van der Waals surface area contributed by atoms with Crippen molar-refractivity contribution in [1.29, 1.82) is 0 Å². The molecule has 0 aromatic heterocycles. The number of hydrogen-bond acceptors (Lipinski definition) is 3. The Morgan fingerprint density at radius 3 is 2.05 bits per heavy atom. The fourth-order valence-corrected chi connectivity index (χ4v) is 1.61. The first kappa shape index (κ1) is 17.4. The van der Waals surface area contributed by atoms with Gasteiger partial charge in [0, 0.05) is 29.3 Å². The molecule has 1 N–H and O–H groups in total. The van der Waals surface area contributed by atoms with E-state index in [-0.39, 0.29) is 17.5 Å². The Labute approximate surface area is 116 Å². The molecule has 0 unspecified atom stereocenters. The Kier molecular flexibility index (Phi) is 7.73. The van der Waals surface area contributed by atoms with E-state index >= 15 is 0 Å². The van der Waals surface area contributed by atoms with Crippen molar-refractivity contribution in [2.24, 2.45) is 5.92 Å². The van der Waals surface area contributed by atoms with Gasteiger partial charge in [-0.15, -0.1) is 0 Å². The minimum atomic E-state index is -0.0633. The summed E-state index contributed by atoms with van der Waals surface area (Å²) in [5.74, 6) is -0.0264. The van der Waals surface area contributed by atoms with Gasteiger partial charge in [-0.25, -0.2) is 0 Å². The molecule has 3 heteroatoms.